The van der Waals surface area contributed by atoms with E-state index >= 15 is 0 Å². The van der Waals surface area contributed by atoms with E-state index in [9.17, 15) is 4.79 Å². The van der Waals surface area contributed by atoms with Gasteiger partial charge in [-0.2, -0.15) is 0 Å². The molecule has 0 aliphatic rings. The van der Waals surface area contributed by atoms with Gasteiger partial charge in [-0.25, -0.2) is 4.98 Å². The minimum Gasteiger partial charge on any atom is -0.487 e. The van der Waals surface area contributed by atoms with Gasteiger partial charge in [0.2, 0.25) is 0 Å². The zero-order chi connectivity index (χ0) is 37.4. The van der Waals surface area contributed by atoms with Crippen LogP contribution in [0.2, 0.25) is 0 Å². The summed E-state index contributed by atoms with van der Waals surface area (Å²) in [5.41, 5.74) is 8.91. The molecular formula is C45H44N6O3. The number of para-hydroxylation sites is 1. The number of fused-ring (bicyclic) bond motifs is 3. The Hall–Kier alpha value is -6.48. The molecule has 4 heterocycles. The molecule has 0 fully saturated rings. The first kappa shape index (κ1) is 35.9. The predicted octanol–water partition coefficient (Wildman–Crippen LogP) is 9.51. The molecule has 0 spiro atoms. The van der Waals surface area contributed by atoms with Crippen LogP contribution in [-0.2, 0) is 19.7 Å². The van der Waals surface area contributed by atoms with E-state index in [1.54, 1.807) is 23.2 Å². The number of nitrogens with zero attached hydrogens (tertiary/aromatic N) is 4. The fourth-order valence-corrected chi connectivity index (χ4v) is 6.45. The maximum absolute atomic E-state index is 14.2. The average molecular weight is 717 g/mol. The molecule has 7 aromatic rings. The van der Waals surface area contributed by atoms with Gasteiger partial charge in [0.05, 0.1) is 18.9 Å². The van der Waals surface area contributed by atoms with Crippen molar-refractivity contribution in [2.45, 2.75) is 52.8 Å². The quantitative estimate of drug-likeness (QED) is 0.108. The number of benzene rings is 3. The van der Waals surface area contributed by atoms with Crippen LogP contribution in [0.5, 0.6) is 5.75 Å². The van der Waals surface area contributed by atoms with Crippen molar-refractivity contribution in [1.29, 1.82) is 0 Å². The van der Waals surface area contributed by atoms with Gasteiger partial charge in [0.15, 0.2) is 0 Å². The molecule has 0 radical (unpaired) electrons. The fourth-order valence-electron chi connectivity index (χ4n) is 6.45. The van der Waals surface area contributed by atoms with Gasteiger partial charge >= 0.3 is 0 Å². The molecule has 7 rings (SSSR count). The lowest BCUT2D eigenvalue weighted by atomic mass is 9.94. The molecule has 9 nitrogen and oxygen atoms in total. The molecule has 9 heteroatoms. The topological polar surface area (TPSA) is 107 Å². The van der Waals surface area contributed by atoms with Crippen LogP contribution in [0.3, 0.4) is 0 Å². The summed E-state index contributed by atoms with van der Waals surface area (Å²) < 4.78 is 13.6. The van der Waals surface area contributed by atoms with E-state index in [1.807, 2.05) is 79.1 Å². The molecule has 0 bridgehead atoms. The monoisotopic (exact) mass is 716 g/mol. The van der Waals surface area contributed by atoms with Gasteiger partial charge in [0, 0.05) is 53.7 Å². The molecule has 2 N–H and O–H groups in total. The van der Waals surface area contributed by atoms with Crippen LogP contribution in [-0.4, -0.2) is 26.1 Å². The highest BCUT2D eigenvalue weighted by Crippen LogP contribution is 2.29. The largest absolute Gasteiger partial charge is 0.487 e. The Morgan fingerprint density at radius 1 is 0.926 bits per heavy atom. The number of ether oxygens (including phenoxy) is 1. The maximum Gasteiger partial charge on any atom is 0.277 e. The predicted molar refractivity (Wildman–Crippen MR) is 217 cm³/mol. The second-order valence-electron chi connectivity index (χ2n) is 13.6. The van der Waals surface area contributed by atoms with Crippen molar-refractivity contribution in [1.82, 2.24) is 24.8 Å². The Morgan fingerprint density at radius 2 is 1.72 bits per heavy atom. The van der Waals surface area contributed by atoms with E-state index in [1.165, 1.54) is 5.56 Å². The number of aromatic nitrogens is 4. The molecule has 1 unspecified atom stereocenters. The molecule has 4 aromatic heterocycles. The van der Waals surface area contributed by atoms with Gasteiger partial charge in [-0.1, -0.05) is 80.6 Å². The summed E-state index contributed by atoms with van der Waals surface area (Å²) in [5.74, 6) is 1.68. The number of anilines is 1. The number of rotatable bonds is 15. The van der Waals surface area contributed by atoms with Gasteiger partial charge < -0.3 is 19.8 Å². The van der Waals surface area contributed by atoms with Crippen molar-refractivity contribution >= 4 is 33.7 Å². The Morgan fingerprint density at radius 3 is 2.54 bits per heavy atom. The Balaban J connectivity index is 1.12. The summed E-state index contributed by atoms with van der Waals surface area (Å²) in [6.07, 6.45) is 12.0. The van der Waals surface area contributed by atoms with Gasteiger partial charge in [-0.3, -0.25) is 19.3 Å². The lowest BCUT2D eigenvalue weighted by Crippen LogP contribution is -2.29. The molecule has 0 aliphatic heterocycles. The second-order valence-corrected chi connectivity index (χ2v) is 13.6. The van der Waals surface area contributed by atoms with Crippen LogP contribution in [0.25, 0.3) is 39.4 Å². The van der Waals surface area contributed by atoms with Crippen LogP contribution in [0, 0.1) is 0 Å². The van der Waals surface area contributed by atoms with Crippen molar-refractivity contribution in [2.75, 3.05) is 11.9 Å². The van der Waals surface area contributed by atoms with Crippen molar-refractivity contribution in [3.8, 4) is 17.1 Å². The van der Waals surface area contributed by atoms with Gasteiger partial charge in [-0.05, 0) is 77.9 Å². The first-order chi connectivity index (χ1) is 26.4. The van der Waals surface area contributed by atoms with Crippen LogP contribution in [0.1, 0.15) is 55.4 Å². The van der Waals surface area contributed by atoms with Gasteiger partial charge in [0.25, 0.3) is 5.56 Å². The first-order valence-corrected chi connectivity index (χ1v) is 18.2. The average Bonchev–Trinajstić information content (AvgIpc) is 3.58. The highest BCUT2D eigenvalue weighted by Gasteiger charge is 2.15. The number of nitrogens with one attached hydrogen (secondary N) is 2. The number of hydrogen-bond donors (Lipinski definition) is 2. The molecule has 54 heavy (non-hydrogen) atoms. The van der Waals surface area contributed by atoms with Crippen molar-refractivity contribution in [2.24, 2.45) is 0 Å². The third kappa shape index (κ3) is 8.26. The van der Waals surface area contributed by atoms with E-state index in [-0.39, 0.29) is 12.1 Å². The van der Waals surface area contributed by atoms with Crippen molar-refractivity contribution in [3.05, 3.63) is 166 Å². The second kappa shape index (κ2) is 16.5. The van der Waals surface area contributed by atoms with Gasteiger partial charge in [-0.15, -0.1) is 0 Å². The van der Waals surface area contributed by atoms with Crippen LogP contribution < -0.4 is 20.9 Å². The highest BCUT2D eigenvalue weighted by atomic mass is 16.5. The molecule has 1 atom stereocenters. The first-order valence-electron chi connectivity index (χ1n) is 18.2. The minimum atomic E-state index is -0.192. The molecular weight excluding hydrogens is 673 g/mol. The Labute approximate surface area is 315 Å². The Bertz CT molecular complexity index is 2480. The lowest BCUT2D eigenvalue weighted by Gasteiger charge is -2.18. The third-order valence-electron chi connectivity index (χ3n) is 9.62. The van der Waals surface area contributed by atoms with E-state index in [0.29, 0.717) is 48.6 Å². The van der Waals surface area contributed by atoms with E-state index in [0.717, 1.165) is 56.2 Å². The standard InChI is InChI=1S/C45H44N6O3/c1-5-31(3)38-18-20-47-25-36(38)21-30(2)23-48-32(4)28-51-44(35-15-12-33(13-16-35)29-53-37-9-8-19-46-26-37)50-27-41(45(51)52)49-24-34-14-17-43-40(22-34)39-10-6-7-11-42(39)54-43/h6-22,25-27,31,48-49H,4-5,23-24,28-29H2,1-3H3/b30-21+. The van der Waals surface area contributed by atoms with Crippen LogP contribution >= 0.6 is 0 Å². The summed E-state index contributed by atoms with van der Waals surface area (Å²) in [4.78, 5) is 27.5. The number of allylic oxidation sites excluding steroid dienone is 1. The van der Waals surface area contributed by atoms with Crippen molar-refractivity contribution in [3.63, 3.8) is 0 Å². The minimum absolute atomic E-state index is 0.192. The molecule has 3 aromatic carbocycles. The third-order valence-corrected chi connectivity index (χ3v) is 9.62. The molecule has 0 saturated carbocycles. The van der Waals surface area contributed by atoms with Crippen LogP contribution in [0.15, 0.2) is 143 Å². The number of furan rings is 1. The molecule has 0 saturated heterocycles. The summed E-state index contributed by atoms with van der Waals surface area (Å²) in [6, 6.07) is 27.8. The zero-order valence-corrected chi connectivity index (χ0v) is 30.9. The maximum atomic E-state index is 14.2. The van der Waals surface area contributed by atoms with Crippen molar-refractivity contribution < 1.29 is 9.15 Å². The summed E-state index contributed by atoms with van der Waals surface area (Å²) in [6.45, 7) is 12.5. The number of pyridine rings is 2. The van der Waals surface area contributed by atoms with Crippen LogP contribution in [0.4, 0.5) is 5.69 Å². The number of hydrogen-bond acceptors (Lipinski definition) is 8. The van der Waals surface area contributed by atoms with E-state index in [4.69, 9.17) is 14.1 Å². The molecule has 272 valence electrons. The summed E-state index contributed by atoms with van der Waals surface area (Å²) in [7, 11) is 0. The fraction of sp³-hybridized carbons (Fsp3) is 0.200. The molecule has 0 amide bonds. The lowest BCUT2D eigenvalue weighted by molar-refractivity contribution is 0.305. The van der Waals surface area contributed by atoms with E-state index < -0.39 is 0 Å². The zero-order valence-electron chi connectivity index (χ0n) is 30.9. The smallest absolute Gasteiger partial charge is 0.277 e. The summed E-state index contributed by atoms with van der Waals surface area (Å²) >= 11 is 0. The normalized spacial score (nSPS) is 12.2. The SMILES string of the molecule is C=C(Cn1c(-c2ccc(COc3cccnc3)cc2)ncc(NCc2ccc3oc4ccccc4c3c2)c1=O)NC/C(C)=C/c1cnccc1C(C)CC. The van der Waals surface area contributed by atoms with E-state index in [2.05, 4.69) is 72.2 Å². The Kier molecular flexibility index (Phi) is 10.9. The molecule has 0 aliphatic carbocycles. The highest BCUT2D eigenvalue weighted by molar-refractivity contribution is 6.05. The summed E-state index contributed by atoms with van der Waals surface area (Å²) in [5, 5.41) is 8.90. The van der Waals surface area contributed by atoms with Gasteiger partial charge in [0.1, 0.15) is 35.0 Å².